The van der Waals surface area contributed by atoms with Crippen LogP contribution in [0.5, 0.6) is 0 Å². The van der Waals surface area contributed by atoms with E-state index in [0.717, 1.165) is 0 Å². The van der Waals surface area contributed by atoms with E-state index in [-0.39, 0.29) is 17.8 Å². The topological polar surface area (TPSA) is 96.9 Å². The van der Waals surface area contributed by atoms with Crippen molar-refractivity contribution in [1.29, 1.82) is 0 Å². The van der Waals surface area contributed by atoms with Crippen LogP contribution in [-0.2, 0) is 9.53 Å². The van der Waals surface area contributed by atoms with Crippen molar-refractivity contribution in [3.8, 4) is 0 Å². The number of rotatable bonds is 4. The van der Waals surface area contributed by atoms with Gasteiger partial charge < -0.3 is 21.0 Å². The summed E-state index contributed by atoms with van der Waals surface area (Å²) in [5.41, 5.74) is 4.83. The summed E-state index contributed by atoms with van der Waals surface area (Å²) in [7, 11) is 0. The Kier molecular flexibility index (Phi) is 3.75. The summed E-state index contributed by atoms with van der Waals surface area (Å²) in [4.78, 5) is 12.4. The highest BCUT2D eigenvalue weighted by Gasteiger charge is 2.45. The summed E-state index contributed by atoms with van der Waals surface area (Å²) < 4.78 is 5.26. The van der Waals surface area contributed by atoms with E-state index >= 15 is 0 Å². The van der Waals surface area contributed by atoms with Gasteiger partial charge in [-0.2, -0.15) is 0 Å². The van der Waals surface area contributed by atoms with Crippen molar-refractivity contribution in [2.45, 2.75) is 38.6 Å². The van der Waals surface area contributed by atoms with Crippen LogP contribution in [0, 0.1) is 11.3 Å². The summed E-state index contributed by atoms with van der Waals surface area (Å²) in [5.74, 6) is 0.435. The van der Waals surface area contributed by atoms with Crippen LogP contribution < -0.4 is 11.1 Å². The number of amidine groups is 1. The number of amides is 1. The van der Waals surface area contributed by atoms with Crippen molar-refractivity contribution in [3.05, 3.63) is 0 Å². The molecule has 1 atom stereocenters. The number of oxime groups is 1. The molecule has 4 N–H and O–H groups in total. The van der Waals surface area contributed by atoms with Crippen LogP contribution in [0.2, 0.25) is 0 Å². The molecular formula is C12H21N3O3. The van der Waals surface area contributed by atoms with E-state index in [1.807, 2.05) is 6.92 Å². The molecule has 0 spiro atoms. The van der Waals surface area contributed by atoms with Crippen LogP contribution >= 0.6 is 0 Å². The molecule has 0 aromatic carbocycles. The Morgan fingerprint density at radius 3 is 2.61 bits per heavy atom. The van der Waals surface area contributed by atoms with Gasteiger partial charge in [0.25, 0.3) is 0 Å². The maximum atomic E-state index is 12.4. The molecule has 2 rings (SSSR count). The first-order valence-corrected chi connectivity index (χ1v) is 6.47. The molecule has 1 saturated carbocycles. The van der Waals surface area contributed by atoms with Gasteiger partial charge in [0.1, 0.15) is 5.41 Å². The maximum Gasteiger partial charge on any atom is 0.234 e. The molecule has 6 heteroatoms. The lowest BCUT2D eigenvalue weighted by atomic mass is 9.78. The first-order valence-electron chi connectivity index (χ1n) is 6.47. The largest absolute Gasteiger partial charge is 0.409 e. The van der Waals surface area contributed by atoms with E-state index < -0.39 is 5.41 Å². The fourth-order valence-corrected chi connectivity index (χ4v) is 2.47. The minimum atomic E-state index is -0.907. The van der Waals surface area contributed by atoms with Gasteiger partial charge in [0.2, 0.25) is 5.91 Å². The molecule has 1 amide bonds. The lowest BCUT2D eigenvalue weighted by molar-refractivity contribution is -0.132. The van der Waals surface area contributed by atoms with Gasteiger partial charge in [-0.15, -0.1) is 0 Å². The zero-order chi connectivity index (χ0) is 13.2. The van der Waals surface area contributed by atoms with Crippen molar-refractivity contribution in [1.82, 2.24) is 5.32 Å². The average molecular weight is 255 g/mol. The zero-order valence-corrected chi connectivity index (χ0v) is 10.7. The normalized spacial score (nSPS) is 25.5. The first kappa shape index (κ1) is 13.1. The number of hydrogen-bond acceptors (Lipinski definition) is 4. The van der Waals surface area contributed by atoms with Crippen molar-refractivity contribution < 1.29 is 14.7 Å². The molecule has 1 aliphatic carbocycles. The van der Waals surface area contributed by atoms with Crippen LogP contribution in [0.4, 0.5) is 0 Å². The standard InChI is InChI=1S/C12H21N3O3/c1-8(9-2-3-9)14-11(16)12(10(13)15-17)4-6-18-7-5-12/h8-9,17H,2-7H2,1H3,(H2,13,15)(H,14,16). The molecular weight excluding hydrogens is 234 g/mol. The number of nitrogens with zero attached hydrogens (tertiary/aromatic N) is 1. The minimum absolute atomic E-state index is 0.00806. The van der Waals surface area contributed by atoms with Crippen LogP contribution in [0.3, 0.4) is 0 Å². The van der Waals surface area contributed by atoms with Gasteiger partial charge in [-0.25, -0.2) is 0 Å². The molecule has 1 unspecified atom stereocenters. The molecule has 1 saturated heterocycles. The van der Waals surface area contributed by atoms with Gasteiger partial charge in [0, 0.05) is 19.3 Å². The Balaban J connectivity index is 2.09. The number of nitrogens with two attached hydrogens (primary N) is 1. The predicted molar refractivity (Wildman–Crippen MR) is 66.2 cm³/mol. The second-order valence-electron chi connectivity index (χ2n) is 5.28. The Morgan fingerprint density at radius 2 is 2.11 bits per heavy atom. The monoisotopic (exact) mass is 255 g/mol. The van der Waals surface area contributed by atoms with Crippen LogP contribution in [0.25, 0.3) is 0 Å². The third kappa shape index (κ3) is 2.43. The predicted octanol–water partition coefficient (Wildman–Crippen LogP) is 0.444. The number of carbonyl (C=O) groups is 1. The summed E-state index contributed by atoms with van der Waals surface area (Å²) in [6, 6.07) is 0.156. The lowest BCUT2D eigenvalue weighted by Gasteiger charge is -2.35. The van der Waals surface area contributed by atoms with Gasteiger partial charge in [0.15, 0.2) is 5.84 Å². The highest BCUT2D eigenvalue weighted by atomic mass is 16.5. The Hall–Kier alpha value is -1.30. The van der Waals surface area contributed by atoms with Gasteiger partial charge in [-0.05, 0) is 38.5 Å². The second kappa shape index (κ2) is 5.14. The quantitative estimate of drug-likeness (QED) is 0.294. The van der Waals surface area contributed by atoms with E-state index in [4.69, 9.17) is 15.7 Å². The Morgan fingerprint density at radius 1 is 1.50 bits per heavy atom. The molecule has 102 valence electrons. The van der Waals surface area contributed by atoms with E-state index in [0.29, 0.717) is 32.0 Å². The SMILES string of the molecule is CC(NC(=O)C1(C(N)=NO)CCOCC1)C1CC1. The van der Waals surface area contributed by atoms with Gasteiger partial charge in [-0.3, -0.25) is 4.79 Å². The second-order valence-corrected chi connectivity index (χ2v) is 5.28. The average Bonchev–Trinajstić information content (AvgIpc) is 3.22. The lowest BCUT2D eigenvalue weighted by Crippen LogP contribution is -2.54. The molecule has 0 bridgehead atoms. The molecule has 1 aliphatic heterocycles. The summed E-state index contributed by atoms with van der Waals surface area (Å²) >= 11 is 0. The van der Waals surface area contributed by atoms with Crippen molar-refractivity contribution >= 4 is 11.7 Å². The molecule has 2 aliphatic rings. The van der Waals surface area contributed by atoms with Crippen LogP contribution in [0.1, 0.15) is 32.6 Å². The third-order valence-corrected chi connectivity index (χ3v) is 4.07. The fraction of sp³-hybridized carbons (Fsp3) is 0.833. The summed E-state index contributed by atoms with van der Waals surface area (Å²) in [6.45, 7) is 2.93. The van der Waals surface area contributed by atoms with Gasteiger partial charge in [0.05, 0.1) is 0 Å². The molecule has 1 heterocycles. The number of hydrogen-bond donors (Lipinski definition) is 3. The van der Waals surface area contributed by atoms with Crippen molar-refractivity contribution in [2.75, 3.05) is 13.2 Å². The van der Waals surface area contributed by atoms with Crippen molar-refractivity contribution in [3.63, 3.8) is 0 Å². The smallest absolute Gasteiger partial charge is 0.234 e. The van der Waals surface area contributed by atoms with E-state index in [2.05, 4.69) is 10.5 Å². The zero-order valence-electron chi connectivity index (χ0n) is 10.7. The van der Waals surface area contributed by atoms with Gasteiger partial charge in [-0.1, -0.05) is 5.16 Å². The minimum Gasteiger partial charge on any atom is -0.409 e. The maximum absolute atomic E-state index is 12.4. The molecule has 6 nitrogen and oxygen atoms in total. The Bertz CT molecular complexity index is 346. The highest BCUT2D eigenvalue weighted by molar-refractivity contribution is 6.06. The molecule has 2 fully saturated rings. The summed E-state index contributed by atoms with van der Waals surface area (Å²) in [6.07, 6.45) is 3.26. The summed E-state index contributed by atoms with van der Waals surface area (Å²) in [5, 5.41) is 15.0. The number of nitrogens with one attached hydrogen (secondary N) is 1. The molecule has 18 heavy (non-hydrogen) atoms. The van der Waals surface area contributed by atoms with Crippen LogP contribution in [0.15, 0.2) is 5.16 Å². The first-order chi connectivity index (χ1) is 8.60. The van der Waals surface area contributed by atoms with Crippen LogP contribution in [-0.4, -0.2) is 36.2 Å². The van der Waals surface area contributed by atoms with E-state index in [9.17, 15) is 4.79 Å². The molecule has 0 aromatic heterocycles. The van der Waals surface area contributed by atoms with E-state index in [1.165, 1.54) is 12.8 Å². The van der Waals surface area contributed by atoms with E-state index in [1.54, 1.807) is 0 Å². The van der Waals surface area contributed by atoms with Gasteiger partial charge >= 0.3 is 0 Å². The highest BCUT2D eigenvalue weighted by Crippen LogP contribution is 2.35. The Labute approximate surface area is 107 Å². The number of ether oxygens (including phenoxy) is 1. The van der Waals surface area contributed by atoms with Crippen molar-refractivity contribution in [2.24, 2.45) is 22.2 Å². The molecule has 0 radical (unpaired) electrons. The third-order valence-electron chi connectivity index (χ3n) is 4.07. The fourth-order valence-electron chi connectivity index (χ4n) is 2.47. The molecule has 0 aromatic rings. The number of carbonyl (C=O) groups excluding carboxylic acids is 1.